The number of nitrogens with two attached hydrogens (primary N) is 1. The van der Waals surface area contributed by atoms with Crippen LogP contribution in [0.15, 0.2) is 42.5 Å². The SMILES string of the molecule is Nc1ccc(C(=O)Nc2cccc(OC(F)F)c2)cc1F. The first-order chi connectivity index (χ1) is 9.95. The molecule has 0 aliphatic carbocycles. The molecule has 0 bridgehead atoms. The Balaban J connectivity index is 2.13. The second-order valence-corrected chi connectivity index (χ2v) is 4.10. The number of amides is 1. The number of ether oxygens (including phenoxy) is 1. The number of carbonyl (C=O) groups excluding carboxylic acids is 1. The summed E-state index contributed by atoms with van der Waals surface area (Å²) in [7, 11) is 0. The molecule has 2 rings (SSSR count). The molecule has 0 fully saturated rings. The van der Waals surface area contributed by atoms with Crippen molar-refractivity contribution in [3.8, 4) is 5.75 Å². The molecule has 0 saturated carbocycles. The topological polar surface area (TPSA) is 64.4 Å². The van der Waals surface area contributed by atoms with E-state index in [0.29, 0.717) is 0 Å². The zero-order valence-electron chi connectivity index (χ0n) is 10.6. The van der Waals surface area contributed by atoms with E-state index in [9.17, 15) is 18.0 Å². The number of hydrogen-bond donors (Lipinski definition) is 2. The molecule has 4 nitrogen and oxygen atoms in total. The number of benzene rings is 2. The van der Waals surface area contributed by atoms with E-state index in [1.807, 2.05) is 0 Å². The molecule has 0 unspecified atom stereocenters. The zero-order valence-corrected chi connectivity index (χ0v) is 10.6. The summed E-state index contributed by atoms with van der Waals surface area (Å²) in [5.41, 5.74) is 5.55. The van der Waals surface area contributed by atoms with Crippen LogP contribution < -0.4 is 15.8 Å². The van der Waals surface area contributed by atoms with Gasteiger partial charge in [-0.1, -0.05) is 6.07 Å². The number of alkyl halides is 2. The van der Waals surface area contributed by atoms with Gasteiger partial charge in [0.25, 0.3) is 5.91 Å². The van der Waals surface area contributed by atoms with Crippen molar-refractivity contribution < 1.29 is 22.7 Å². The van der Waals surface area contributed by atoms with Gasteiger partial charge in [-0.25, -0.2) is 4.39 Å². The lowest BCUT2D eigenvalue weighted by atomic mass is 10.2. The first-order valence-corrected chi connectivity index (χ1v) is 5.87. The number of rotatable bonds is 4. The number of nitrogen functional groups attached to an aromatic ring is 1. The van der Waals surface area contributed by atoms with Gasteiger partial charge in [0.1, 0.15) is 11.6 Å². The van der Waals surface area contributed by atoms with Crippen LogP contribution in [-0.2, 0) is 0 Å². The van der Waals surface area contributed by atoms with Crippen LogP contribution in [0.1, 0.15) is 10.4 Å². The van der Waals surface area contributed by atoms with Gasteiger partial charge in [0.2, 0.25) is 0 Å². The fourth-order valence-corrected chi connectivity index (χ4v) is 1.62. The molecule has 7 heteroatoms. The van der Waals surface area contributed by atoms with Crippen molar-refractivity contribution in [2.45, 2.75) is 6.61 Å². The fraction of sp³-hybridized carbons (Fsp3) is 0.0714. The van der Waals surface area contributed by atoms with Crippen LogP contribution in [0, 0.1) is 5.82 Å². The Labute approximate surface area is 118 Å². The summed E-state index contributed by atoms with van der Waals surface area (Å²) in [6.45, 7) is -2.96. The van der Waals surface area contributed by atoms with Gasteiger partial charge >= 0.3 is 6.61 Å². The smallest absolute Gasteiger partial charge is 0.387 e. The van der Waals surface area contributed by atoms with E-state index in [4.69, 9.17) is 5.73 Å². The van der Waals surface area contributed by atoms with Crippen molar-refractivity contribution >= 4 is 17.3 Å². The van der Waals surface area contributed by atoms with Crippen LogP contribution in [0.25, 0.3) is 0 Å². The van der Waals surface area contributed by atoms with Gasteiger partial charge in [-0.05, 0) is 30.3 Å². The summed E-state index contributed by atoms with van der Waals surface area (Å²) in [5.74, 6) is -1.40. The Morgan fingerprint density at radius 1 is 1.19 bits per heavy atom. The van der Waals surface area contributed by atoms with Crippen LogP contribution in [0.3, 0.4) is 0 Å². The molecule has 0 saturated heterocycles. The zero-order chi connectivity index (χ0) is 15.4. The highest BCUT2D eigenvalue weighted by Gasteiger charge is 2.10. The Bertz CT molecular complexity index is 662. The Hall–Kier alpha value is -2.70. The van der Waals surface area contributed by atoms with Gasteiger partial charge in [-0.2, -0.15) is 8.78 Å². The summed E-state index contributed by atoms with van der Waals surface area (Å²) < 4.78 is 41.7. The third-order valence-corrected chi connectivity index (χ3v) is 2.58. The molecular formula is C14H11F3N2O2. The lowest BCUT2D eigenvalue weighted by Gasteiger charge is -2.09. The lowest BCUT2D eigenvalue weighted by Crippen LogP contribution is -2.12. The van der Waals surface area contributed by atoms with Gasteiger partial charge in [0.15, 0.2) is 0 Å². The van der Waals surface area contributed by atoms with Crippen LogP contribution >= 0.6 is 0 Å². The highest BCUT2D eigenvalue weighted by Crippen LogP contribution is 2.20. The van der Waals surface area contributed by atoms with E-state index in [1.54, 1.807) is 0 Å². The normalized spacial score (nSPS) is 10.5. The largest absolute Gasteiger partial charge is 0.435 e. The highest BCUT2D eigenvalue weighted by atomic mass is 19.3. The number of hydrogen-bond acceptors (Lipinski definition) is 3. The first-order valence-electron chi connectivity index (χ1n) is 5.87. The molecule has 0 aromatic heterocycles. The van der Waals surface area contributed by atoms with Crippen LogP contribution in [0.2, 0.25) is 0 Å². The average molecular weight is 296 g/mol. The maximum absolute atomic E-state index is 13.3. The molecule has 0 aliphatic heterocycles. The molecule has 2 aromatic rings. The molecule has 110 valence electrons. The molecule has 21 heavy (non-hydrogen) atoms. The van der Waals surface area contributed by atoms with E-state index < -0.39 is 18.3 Å². The summed E-state index contributed by atoms with van der Waals surface area (Å²) in [6, 6.07) is 9.10. The van der Waals surface area contributed by atoms with E-state index >= 15 is 0 Å². The predicted molar refractivity (Wildman–Crippen MR) is 71.8 cm³/mol. The van der Waals surface area contributed by atoms with E-state index in [2.05, 4.69) is 10.1 Å². The molecule has 0 atom stereocenters. The third-order valence-electron chi connectivity index (χ3n) is 2.58. The molecular weight excluding hydrogens is 285 g/mol. The lowest BCUT2D eigenvalue weighted by molar-refractivity contribution is -0.0497. The van der Waals surface area contributed by atoms with Crippen molar-refractivity contribution in [1.29, 1.82) is 0 Å². The van der Waals surface area contributed by atoms with Crippen molar-refractivity contribution in [1.82, 2.24) is 0 Å². The van der Waals surface area contributed by atoms with E-state index in [1.165, 1.54) is 36.4 Å². The first kappa shape index (κ1) is 14.7. The Morgan fingerprint density at radius 2 is 1.95 bits per heavy atom. The van der Waals surface area contributed by atoms with Crippen molar-refractivity contribution in [3.05, 3.63) is 53.8 Å². The monoisotopic (exact) mass is 296 g/mol. The standard InChI is InChI=1S/C14H11F3N2O2/c15-11-6-8(4-5-12(11)18)13(20)19-9-2-1-3-10(7-9)21-14(16)17/h1-7,14H,18H2,(H,19,20). The summed E-state index contributed by atoms with van der Waals surface area (Å²) in [5, 5.41) is 2.45. The summed E-state index contributed by atoms with van der Waals surface area (Å²) in [6.07, 6.45) is 0. The minimum Gasteiger partial charge on any atom is -0.435 e. The van der Waals surface area contributed by atoms with E-state index in [0.717, 1.165) is 6.07 Å². The molecule has 0 radical (unpaired) electrons. The van der Waals surface area contributed by atoms with Crippen molar-refractivity contribution in [3.63, 3.8) is 0 Å². The minimum atomic E-state index is -2.96. The van der Waals surface area contributed by atoms with Crippen molar-refractivity contribution in [2.24, 2.45) is 0 Å². The van der Waals surface area contributed by atoms with Gasteiger partial charge in [-0.15, -0.1) is 0 Å². The number of anilines is 2. The van der Waals surface area contributed by atoms with Crippen LogP contribution in [-0.4, -0.2) is 12.5 Å². The molecule has 1 amide bonds. The molecule has 0 spiro atoms. The van der Waals surface area contributed by atoms with E-state index in [-0.39, 0.29) is 22.7 Å². The molecule has 0 heterocycles. The summed E-state index contributed by atoms with van der Waals surface area (Å²) >= 11 is 0. The van der Waals surface area contributed by atoms with Crippen molar-refractivity contribution in [2.75, 3.05) is 11.1 Å². The second-order valence-electron chi connectivity index (χ2n) is 4.10. The summed E-state index contributed by atoms with van der Waals surface area (Å²) in [4.78, 5) is 11.9. The predicted octanol–water partition coefficient (Wildman–Crippen LogP) is 3.26. The van der Waals surface area contributed by atoms with Gasteiger partial charge in [0, 0.05) is 17.3 Å². The number of carbonyl (C=O) groups is 1. The Morgan fingerprint density at radius 3 is 2.62 bits per heavy atom. The fourth-order valence-electron chi connectivity index (χ4n) is 1.62. The molecule has 3 N–H and O–H groups in total. The van der Waals surface area contributed by atoms with Gasteiger partial charge in [0.05, 0.1) is 5.69 Å². The number of nitrogens with one attached hydrogen (secondary N) is 1. The van der Waals surface area contributed by atoms with Gasteiger partial charge < -0.3 is 15.8 Å². The second kappa shape index (κ2) is 6.17. The average Bonchev–Trinajstić information content (AvgIpc) is 2.41. The maximum Gasteiger partial charge on any atom is 0.387 e. The van der Waals surface area contributed by atoms with Crippen LogP contribution in [0.4, 0.5) is 24.5 Å². The number of halogens is 3. The molecule has 2 aromatic carbocycles. The van der Waals surface area contributed by atoms with Crippen LogP contribution in [0.5, 0.6) is 5.75 Å². The quantitative estimate of drug-likeness (QED) is 0.851. The Kier molecular flexibility index (Phi) is 4.32. The minimum absolute atomic E-state index is 0.0573. The highest BCUT2D eigenvalue weighted by molar-refractivity contribution is 6.04. The molecule has 0 aliphatic rings. The van der Waals surface area contributed by atoms with Gasteiger partial charge in [-0.3, -0.25) is 4.79 Å². The maximum atomic E-state index is 13.3. The third kappa shape index (κ3) is 3.88.